The number of fused-ring (bicyclic) bond motifs is 1. The molecule has 1 N–H and O–H groups in total. The van der Waals surface area contributed by atoms with Crippen LogP contribution >= 0.6 is 11.8 Å². The molecular weight excluding hydrogens is 397 g/mol. The second-order valence-electron chi connectivity index (χ2n) is 7.86. The Morgan fingerprint density at radius 3 is 2.67 bits per heavy atom. The minimum atomic E-state index is -0.238. The Labute approximate surface area is 182 Å². The van der Waals surface area contributed by atoms with Crippen molar-refractivity contribution in [2.24, 2.45) is 0 Å². The summed E-state index contributed by atoms with van der Waals surface area (Å²) in [6.45, 7) is 3.25. The summed E-state index contributed by atoms with van der Waals surface area (Å²) in [6, 6.07) is 13.5. The van der Waals surface area contributed by atoms with Gasteiger partial charge in [-0.2, -0.15) is 5.06 Å². The van der Waals surface area contributed by atoms with E-state index in [4.69, 9.17) is 4.74 Å². The summed E-state index contributed by atoms with van der Waals surface area (Å²) in [5.74, 6) is -0.235. The lowest BCUT2D eigenvalue weighted by molar-refractivity contribution is -0.226. The van der Waals surface area contributed by atoms with Gasteiger partial charge in [-0.1, -0.05) is 18.2 Å². The lowest BCUT2D eigenvalue weighted by Gasteiger charge is -2.29. The maximum absolute atomic E-state index is 14.1. The summed E-state index contributed by atoms with van der Waals surface area (Å²) in [4.78, 5) is 1.23. The third-order valence-electron chi connectivity index (χ3n) is 5.96. The summed E-state index contributed by atoms with van der Waals surface area (Å²) in [5, 5.41) is 11.8. The Morgan fingerprint density at radius 2 is 1.97 bits per heavy atom. The molecule has 1 saturated heterocycles. The van der Waals surface area contributed by atoms with Gasteiger partial charge >= 0.3 is 0 Å². The van der Waals surface area contributed by atoms with Gasteiger partial charge in [0.15, 0.2) is 0 Å². The number of ether oxygens (including phenoxy) is 1. The molecule has 2 aromatic carbocycles. The van der Waals surface area contributed by atoms with Crippen molar-refractivity contribution in [1.29, 1.82) is 0 Å². The molecule has 1 fully saturated rings. The molecule has 3 nitrogen and oxygen atoms in total. The number of hydrogen-bond acceptors (Lipinski definition) is 4. The molecule has 158 valence electrons. The van der Waals surface area contributed by atoms with E-state index >= 15 is 0 Å². The van der Waals surface area contributed by atoms with Crippen molar-refractivity contribution >= 4 is 29.0 Å². The van der Waals surface area contributed by atoms with Gasteiger partial charge in [0, 0.05) is 18.0 Å². The highest BCUT2D eigenvalue weighted by atomic mass is 32.2. The van der Waals surface area contributed by atoms with Crippen LogP contribution in [0.3, 0.4) is 0 Å². The van der Waals surface area contributed by atoms with Gasteiger partial charge in [0.1, 0.15) is 12.0 Å². The fourth-order valence-corrected chi connectivity index (χ4v) is 4.68. The Morgan fingerprint density at radius 1 is 1.17 bits per heavy atom. The standard InChI is InChI=1S/C25H28FNO2S/c1-17-21(12-13-27(28)25-5-3-4-14-29-25)24-16-19(26)8-11-22(24)23(17)15-18-6-9-20(30-2)10-7-18/h6-11,15-16,25,28H,3-5,12-14H2,1-2H3/b23-15-. The molecular formula is C25H28FNO2S. The van der Waals surface area contributed by atoms with Gasteiger partial charge < -0.3 is 9.94 Å². The first kappa shape index (κ1) is 21.3. The lowest BCUT2D eigenvalue weighted by Crippen LogP contribution is -2.37. The molecule has 1 aliphatic carbocycles. The van der Waals surface area contributed by atoms with Crippen molar-refractivity contribution in [3.05, 3.63) is 70.5 Å². The van der Waals surface area contributed by atoms with Gasteiger partial charge in [-0.15, -0.1) is 11.8 Å². The molecule has 4 rings (SSSR count). The van der Waals surface area contributed by atoms with E-state index in [1.807, 2.05) is 6.07 Å². The fourth-order valence-electron chi connectivity index (χ4n) is 4.27. The summed E-state index contributed by atoms with van der Waals surface area (Å²) >= 11 is 1.72. The molecule has 1 atom stereocenters. The molecule has 1 heterocycles. The molecule has 0 saturated carbocycles. The number of hydroxylamine groups is 2. The molecule has 0 spiro atoms. The van der Waals surface area contributed by atoms with E-state index < -0.39 is 0 Å². The highest BCUT2D eigenvalue weighted by Crippen LogP contribution is 2.44. The van der Waals surface area contributed by atoms with Crippen LogP contribution in [-0.2, 0) is 4.74 Å². The molecule has 2 aliphatic rings. The Hall–Kier alpha value is -1.92. The van der Waals surface area contributed by atoms with E-state index in [1.165, 1.54) is 16.0 Å². The predicted molar refractivity (Wildman–Crippen MR) is 122 cm³/mol. The summed E-state index contributed by atoms with van der Waals surface area (Å²) < 4.78 is 19.7. The maximum atomic E-state index is 14.1. The summed E-state index contributed by atoms with van der Waals surface area (Å²) in [7, 11) is 0. The minimum Gasteiger partial charge on any atom is -0.361 e. The maximum Gasteiger partial charge on any atom is 0.132 e. The highest BCUT2D eigenvalue weighted by Gasteiger charge is 2.26. The third-order valence-corrected chi connectivity index (χ3v) is 6.70. The molecule has 0 amide bonds. The van der Waals surface area contributed by atoms with Crippen LogP contribution in [-0.4, -0.2) is 35.9 Å². The number of hydrogen-bond donors (Lipinski definition) is 1. The number of thioether (sulfide) groups is 1. The van der Waals surface area contributed by atoms with Crippen molar-refractivity contribution < 1.29 is 14.3 Å². The number of halogens is 1. The van der Waals surface area contributed by atoms with Gasteiger partial charge in [-0.05, 0) is 103 Å². The zero-order valence-corrected chi connectivity index (χ0v) is 18.3. The lowest BCUT2D eigenvalue weighted by atomic mass is 10.0. The second-order valence-corrected chi connectivity index (χ2v) is 8.74. The zero-order chi connectivity index (χ0) is 21.1. The Balaban J connectivity index is 1.61. The monoisotopic (exact) mass is 425 g/mol. The SMILES string of the molecule is CSc1ccc(/C=C2/C(C)=C(CCN(O)C3CCCCO3)c3cc(F)ccc32)cc1. The molecule has 1 aliphatic heterocycles. The van der Waals surface area contributed by atoms with Crippen molar-refractivity contribution in [2.75, 3.05) is 19.4 Å². The van der Waals surface area contributed by atoms with E-state index in [1.54, 1.807) is 17.8 Å². The van der Waals surface area contributed by atoms with Crippen LogP contribution in [0.15, 0.2) is 52.9 Å². The van der Waals surface area contributed by atoms with E-state index in [0.29, 0.717) is 19.6 Å². The smallest absolute Gasteiger partial charge is 0.132 e. The molecule has 5 heteroatoms. The molecule has 0 bridgehead atoms. The number of rotatable bonds is 6. The van der Waals surface area contributed by atoms with Crippen LogP contribution in [0.2, 0.25) is 0 Å². The summed E-state index contributed by atoms with van der Waals surface area (Å²) in [6.07, 6.45) is 7.60. The quantitative estimate of drug-likeness (QED) is 0.424. The van der Waals surface area contributed by atoms with Crippen LogP contribution in [0.5, 0.6) is 0 Å². The molecule has 0 aromatic heterocycles. The van der Waals surface area contributed by atoms with E-state index in [2.05, 4.69) is 43.5 Å². The van der Waals surface area contributed by atoms with Crippen molar-refractivity contribution in [2.45, 2.75) is 43.7 Å². The number of allylic oxidation sites excluding steroid dienone is 2. The van der Waals surface area contributed by atoms with Crippen LogP contribution in [0.25, 0.3) is 17.2 Å². The predicted octanol–water partition coefficient (Wildman–Crippen LogP) is 6.48. The second kappa shape index (κ2) is 9.48. The molecule has 0 radical (unpaired) electrons. The minimum absolute atomic E-state index is 0.235. The number of nitrogens with zero attached hydrogens (tertiary/aromatic N) is 1. The molecule has 1 unspecified atom stereocenters. The van der Waals surface area contributed by atoms with Gasteiger partial charge in [-0.25, -0.2) is 4.39 Å². The third kappa shape index (κ3) is 4.54. The van der Waals surface area contributed by atoms with Gasteiger partial charge in [0.25, 0.3) is 0 Å². The van der Waals surface area contributed by atoms with Crippen LogP contribution in [0.1, 0.15) is 49.3 Å². The average Bonchev–Trinajstić information content (AvgIpc) is 3.03. The van der Waals surface area contributed by atoms with Crippen LogP contribution in [0.4, 0.5) is 4.39 Å². The van der Waals surface area contributed by atoms with Gasteiger partial charge in [0.05, 0.1) is 0 Å². The Kier molecular flexibility index (Phi) is 6.74. The molecule has 30 heavy (non-hydrogen) atoms. The normalized spacial score (nSPS) is 20.3. The van der Waals surface area contributed by atoms with E-state index in [9.17, 15) is 9.60 Å². The summed E-state index contributed by atoms with van der Waals surface area (Å²) in [5.41, 5.74) is 6.45. The van der Waals surface area contributed by atoms with Gasteiger partial charge in [-0.3, -0.25) is 0 Å². The largest absolute Gasteiger partial charge is 0.361 e. The van der Waals surface area contributed by atoms with Crippen LogP contribution < -0.4 is 0 Å². The van der Waals surface area contributed by atoms with Crippen molar-refractivity contribution in [3.63, 3.8) is 0 Å². The number of benzene rings is 2. The first-order chi connectivity index (χ1) is 14.6. The first-order valence-electron chi connectivity index (χ1n) is 10.5. The highest BCUT2D eigenvalue weighted by molar-refractivity contribution is 7.98. The topological polar surface area (TPSA) is 32.7 Å². The first-order valence-corrected chi connectivity index (χ1v) is 11.7. The molecule has 2 aromatic rings. The van der Waals surface area contributed by atoms with Crippen molar-refractivity contribution in [3.8, 4) is 0 Å². The zero-order valence-electron chi connectivity index (χ0n) is 17.5. The Bertz CT molecular complexity index is 962. The van der Waals surface area contributed by atoms with E-state index in [0.717, 1.165) is 52.7 Å². The fraction of sp³-hybridized carbons (Fsp3) is 0.360. The van der Waals surface area contributed by atoms with Crippen molar-refractivity contribution in [1.82, 2.24) is 5.06 Å². The van der Waals surface area contributed by atoms with E-state index in [-0.39, 0.29) is 12.0 Å². The van der Waals surface area contributed by atoms with Gasteiger partial charge in [0.2, 0.25) is 0 Å². The van der Waals surface area contributed by atoms with Crippen LogP contribution in [0, 0.1) is 5.82 Å². The average molecular weight is 426 g/mol.